The molecule has 0 saturated heterocycles. The van der Waals surface area contributed by atoms with E-state index >= 15 is 0 Å². The lowest BCUT2D eigenvalue weighted by molar-refractivity contribution is -0.121. The molecule has 1 amide bonds. The predicted octanol–water partition coefficient (Wildman–Crippen LogP) is 3.34. The maximum Gasteiger partial charge on any atom is 0.224 e. The summed E-state index contributed by atoms with van der Waals surface area (Å²) in [4.78, 5) is 17.3. The van der Waals surface area contributed by atoms with Gasteiger partial charge >= 0.3 is 0 Å². The highest BCUT2D eigenvalue weighted by Crippen LogP contribution is 2.29. The van der Waals surface area contributed by atoms with E-state index in [9.17, 15) is 13.6 Å². The molecule has 8 heteroatoms. The number of rotatable bonds is 9. The summed E-state index contributed by atoms with van der Waals surface area (Å²) in [5.41, 5.74) is 2.57. The number of aryl methyl sites for hydroxylation is 1. The quantitative estimate of drug-likeness (QED) is 0.597. The second-order valence-electron chi connectivity index (χ2n) is 6.90. The van der Waals surface area contributed by atoms with Crippen molar-refractivity contribution in [2.75, 3.05) is 0 Å². The van der Waals surface area contributed by atoms with Crippen LogP contribution in [0.1, 0.15) is 42.1 Å². The van der Waals surface area contributed by atoms with E-state index in [1.54, 1.807) is 17.4 Å². The lowest BCUT2D eigenvalue weighted by Gasteiger charge is -2.23. The van der Waals surface area contributed by atoms with Crippen LogP contribution in [-0.4, -0.2) is 19.7 Å². The van der Waals surface area contributed by atoms with E-state index in [2.05, 4.69) is 21.9 Å². The number of nitrogens with one attached hydrogen (secondary N) is 2. The summed E-state index contributed by atoms with van der Waals surface area (Å²) < 4.78 is 23.9. The summed E-state index contributed by atoms with van der Waals surface area (Å²) >= 11 is -0.757. The van der Waals surface area contributed by atoms with Crippen LogP contribution >= 0.6 is 11.3 Å². The number of nitrogens with zero attached hydrogens (tertiary/aromatic N) is 1. The minimum atomic E-state index is -2.33. The number of amides is 1. The van der Waals surface area contributed by atoms with E-state index in [0.29, 0.717) is 25.0 Å². The first-order valence-corrected chi connectivity index (χ1v) is 11.5. The van der Waals surface area contributed by atoms with Crippen molar-refractivity contribution in [3.63, 3.8) is 0 Å². The predicted molar refractivity (Wildman–Crippen MR) is 115 cm³/mol. The number of benzene rings is 1. The molecule has 0 aliphatic heterocycles. The summed E-state index contributed by atoms with van der Waals surface area (Å²) in [5.74, 6) is 0.158. The number of hydrogen-bond acceptors (Lipinski definition) is 5. The Kier molecular flexibility index (Phi) is 7.74. The van der Waals surface area contributed by atoms with Crippen LogP contribution < -0.4 is 10.0 Å². The van der Waals surface area contributed by atoms with Gasteiger partial charge in [-0.25, -0.2) is 4.98 Å². The average Bonchev–Trinajstić information content (AvgIpc) is 3.18. The van der Waals surface area contributed by atoms with Crippen molar-refractivity contribution in [1.29, 1.82) is 0 Å². The zero-order valence-electron chi connectivity index (χ0n) is 16.2. The number of carbonyl (C=O) groups is 1. The highest BCUT2D eigenvalue weighted by Gasteiger charge is 2.22. The third-order valence-electron chi connectivity index (χ3n) is 4.70. The molecule has 2 aromatic rings. The minimum absolute atomic E-state index is 0.0334. The number of carbonyl (C=O) groups excluding carboxylic acids is 1. The Morgan fingerprint density at radius 1 is 1.38 bits per heavy atom. The molecule has 3 rings (SSSR count). The largest absolute Gasteiger partial charge is 0.755 e. The molecule has 6 nitrogen and oxygen atoms in total. The monoisotopic (exact) mass is 430 g/mol. The summed E-state index contributed by atoms with van der Waals surface area (Å²) in [6.45, 7) is 2.06. The van der Waals surface area contributed by atoms with Crippen LogP contribution in [0.2, 0.25) is 0 Å². The van der Waals surface area contributed by atoms with E-state index in [-0.39, 0.29) is 17.9 Å². The van der Waals surface area contributed by atoms with Gasteiger partial charge in [0.05, 0.1) is 18.2 Å². The third kappa shape index (κ3) is 6.62. The molecule has 154 valence electrons. The molecule has 2 N–H and O–H groups in total. The minimum Gasteiger partial charge on any atom is -0.755 e. The van der Waals surface area contributed by atoms with E-state index in [0.717, 1.165) is 22.7 Å². The fourth-order valence-electron chi connectivity index (χ4n) is 3.21. The van der Waals surface area contributed by atoms with Gasteiger partial charge in [0.1, 0.15) is 5.01 Å². The van der Waals surface area contributed by atoms with Crippen molar-refractivity contribution >= 4 is 28.5 Å². The lowest BCUT2D eigenvalue weighted by atomic mass is 9.92. The smallest absolute Gasteiger partial charge is 0.224 e. The molecular formula is C21H24N3O3S2-. The van der Waals surface area contributed by atoms with Crippen molar-refractivity contribution < 1.29 is 13.6 Å². The Morgan fingerprint density at radius 2 is 2.17 bits per heavy atom. The van der Waals surface area contributed by atoms with E-state index < -0.39 is 11.3 Å². The van der Waals surface area contributed by atoms with Gasteiger partial charge in [-0.2, -0.15) is 0 Å². The lowest BCUT2D eigenvalue weighted by Crippen LogP contribution is -2.31. The number of aromatic nitrogens is 1. The van der Waals surface area contributed by atoms with Crippen molar-refractivity contribution in [2.45, 2.75) is 38.6 Å². The van der Waals surface area contributed by atoms with Crippen LogP contribution in [0.25, 0.3) is 0 Å². The average molecular weight is 431 g/mol. The van der Waals surface area contributed by atoms with Crippen LogP contribution in [0.4, 0.5) is 0 Å². The van der Waals surface area contributed by atoms with Crippen molar-refractivity contribution in [1.82, 2.24) is 15.0 Å². The number of allylic oxidation sites excluding steroid dienone is 3. The highest BCUT2D eigenvalue weighted by molar-refractivity contribution is 7.77. The molecule has 29 heavy (non-hydrogen) atoms. The molecule has 0 spiro atoms. The number of thiazole rings is 1. The first-order chi connectivity index (χ1) is 14.0. The topological polar surface area (TPSA) is 94.1 Å². The van der Waals surface area contributed by atoms with Crippen LogP contribution in [0.15, 0.2) is 59.6 Å². The first-order valence-electron chi connectivity index (χ1n) is 9.55. The Morgan fingerprint density at radius 3 is 2.79 bits per heavy atom. The Balaban J connectivity index is 1.67. The van der Waals surface area contributed by atoms with Gasteiger partial charge in [0.25, 0.3) is 0 Å². The summed E-state index contributed by atoms with van der Waals surface area (Å²) in [5, 5.41) is 6.09. The molecule has 1 aliphatic rings. The summed E-state index contributed by atoms with van der Waals surface area (Å²) in [6, 6.07) is 9.48. The SMILES string of the molecule is CCc1csc([C@H](CC2C=CC(NS(=O)[O-])=CC2)NC(=O)Cc2ccccc2)n1. The maximum absolute atomic E-state index is 12.6. The highest BCUT2D eigenvalue weighted by atomic mass is 32.2. The molecule has 1 aliphatic carbocycles. The summed E-state index contributed by atoms with van der Waals surface area (Å²) in [7, 11) is 0. The maximum atomic E-state index is 12.6. The van der Waals surface area contributed by atoms with Gasteiger partial charge < -0.3 is 14.6 Å². The number of hydrogen-bond donors (Lipinski definition) is 2. The van der Waals surface area contributed by atoms with E-state index in [4.69, 9.17) is 0 Å². The van der Waals surface area contributed by atoms with E-state index in [1.807, 2.05) is 47.9 Å². The molecule has 0 radical (unpaired) electrons. The van der Waals surface area contributed by atoms with Gasteiger partial charge in [-0.3, -0.25) is 9.00 Å². The third-order valence-corrected chi connectivity index (χ3v) is 6.11. The Bertz CT molecular complexity index is 909. The van der Waals surface area contributed by atoms with Gasteiger partial charge in [-0.05, 0) is 36.8 Å². The zero-order chi connectivity index (χ0) is 20.6. The molecule has 2 unspecified atom stereocenters. The fourth-order valence-corrected chi connectivity index (χ4v) is 4.52. The van der Waals surface area contributed by atoms with Crippen LogP contribution in [0.3, 0.4) is 0 Å². The Labute approximate surface area is 177 Å². The van der Waals surface area contributed by atoms with E-state index in [1.165, 1.54) is 0 Å². The second-order valence-corrected chi connectivity index (χ2v) is 8.46. The van der Waals surface area contributed by atoms with Crippen LogP contribution in [-0.2, 0) is 28.9 Å². The van der Waals surface area contributed by atoms with Crippen molar-refractivity contribution in [3.8, 4) is 0 Å². The molecule has 3 atom stereocenters. The fraction of sp³-hybridized carbons (Fsp3) is 0.333. The van der Waals surface area contributed by atoms with Crippen LogP contribution in [0, 0.1) is 5.92 Å². The molecule has 1 heterocycles. The standard InChI is InChI=1S/C21H25N3O3S2/c1-2-17-14-28-21(22-17)19(23-20(25)13-15-6-4-3-5-7-15)12-16-8-10-18(11-9-16)24-29(26)27/h3-8,10-11,14,16,19,24H,2,9,12-13H2,1H3,(H,23,25)(H,26,27)/p-1/t16?,19-/m0/s1. The first kappa shape index (κ1) is 21.4. The van der Waals surface area contributed by atoms with Gasteiger partial charge in [0.15, 0.2) is 0 Å². The molecule has 0 saturated carbocycles. The molecule has 0 fully saturated rings. The van der Waals surface area contributed by atoms with Gasteiger partial charge in [0, 0.05) is 22.3 Å². The van der Waals surface area contributed by atoms with Crippen molar-refractivity contribution in [3.05, 3.63) is 75.9 Å². The zero-order valence-corrected chi connectivity index (χ0v) is 17.8. The molecule has 1 aromatic heterocycles. The van der Waals surface area contributed by atoms with Crippen LogP contribution in [0.5, 0.6) is 0 Å². The van der Waals surface area contributed by atoms with Gasteiger partial charge in [0.2, 0.25) is 5.91 Å². The Hall–Kier alpha value is -2.29. The second kappa shape index (κ2) is 10.5. The van der Waals surface area contributed by atoms with Gasteiger partial charge in [-0.15, -0.1) is 11.3 Å². The molecular weight excluding hydrogens is 406 g/mol. The molecule has 1 aromatic carbocycles. The van der Waals surface area contributed by atoms with Crippen molar-refractivity contribution in [2.24, 2.45) is 5.92 Å². The normalized spacial score (nSPS) is 18.0. The molecule has 0 bridgehead atoms. The summed E-state index contributed by atoms with van der Waals surface area (Å²) in [6.07, 6.45) is 8.21. The van der Waals surface area contributed by atoms with Gasteiger partial charge in [-0.1, -0.05) is 49.4 Å².